The molecule has 1 saturated heterocycles. The largest absolute Gasteiger partial charge is 0.337 e. The van der Waals surface area contributed by atoms with Crippen molar-refractivity contribution in [1.82, 2.24) is 9.21 Å². The second-order valence-corrected chi connectivity index (χ2v) is 9.74. The molecule has 8 heteroatoms. The van der Waals surface area contributed by atoms with Crippen LogP contribution >= 0.6 is 0 Å². The van der Waals surface area contributed by atoms with Gasteiger partial charge >= 0.3 is 0 Å². The summed E-state index contributed by atoms with van der Waals surface area (Å²) in [7, 11) is -2.17. The van der Waals surface area contributed by atoms with E-state index >= 15 is 0 Å². The van der Waals surface area contributed by atoms with Gasteiger partial charge in [-0.1, -0.05) is 18.6 Å². The van der Waals surface area contributed by atoms with Gasteiger partial charge in [-0.25, -0.2) is 17.2 Å². The van der Waals surface area contributed by atoms with Crippen molar-refractivity contribution < 1.29 is 22.0 Å². The number of hydrogen-bond acceptors (Lipinski definition) is 3. The third-order valence-corrected chi connectivity index (χ3v) is 7.55. The Morgan fingerprint density at radius 2 is 1.87 bits per heavy atom. The number of hydrogen-bond donors (Lipinski definition) is 0. The Morgan fingerprint density at radius 1 is 1.13 bits per heavy atom. The van der Waals surface area contributed by atoms with E-state index in [1.165, 1.54) is 34.5 Å². The summed E-state index contributed by atoms with van der Waals surface area (Å²) in [5.41, 5.74) is 1.35. The summed E-state index contributed by atoms with van der Waals surface area (Å²) in [6.45, 7) is 4.16. The predicted octanol–water partition coefficient (Wildman–Crippen LogP) is 4.11. The van der Waals surface area contributed by atoms with Crippen LogP contribution in [0.5, 0.6) is 0 Å². The molecule has 1 aliphatic heterocycles. The number of carbonyl (C=O) groups is 1. The first kappa shape index (κ1) is 22.4. The normalized spacial score (nSPS) is 17.7. The Kier molecular flexibility index (Phi) is 6.57. The molecule has 0 spiro atoms. The summed E-state index contributed by atoms with van der Waals surface area (Å²) < 4.78 is 54.4. The first-order valence-electron chi connectivity index (χ1n) is 9.93. The van der Waals surface area contributed by atoms with Crippen LogP contribution in [0.15, 0.2) is 41.3 Å². The first-order valence-corrected chi connectivity index (χ1v) is 11.4. The quantitative estimate of drug-likeness (QED) is 0.709. The number of halogens is 2. The zero-order valence-corrected chi connectivity index (χ0v) is 18.2. The van der Waals surface area contributed by atoms with Crippen LogP contribution in [0.1, 0.15) is 47.7 Å². The lowest BCUT2D eigenvalue weighted by Gasteiger charge is -2.32. The Balaban J connectivity index is 1.86. The summed E-state index contributed by atoms with van der Waals surface area (Å²) >= 11 is 0. The van der Waals surface area contributed by atoms with E-state index in [2.05, 4.69) is 0 Å². The maximum absolute atomic E-state index is 13.5. The minimum Gasteiger partial charge on any atom is -0.337 e. The summed E-state index contributed by atoms with van der Waals surface area (Å²) in [6.07, 6.45) is 2.63. The van der Waals surface area contributed by atoms with Crippen LogP contribution in [0.4, 0.5) is 8.78 Å². The molecule has 3 rings (SSSR count). The minimum atomic E-state index is -3.71. The van der Waals surface area contributed by atoms with Gasteiger partial charge in [0.15, 0.2) is 11.6 Å². The zero-order valence-electron chi connectivity index (χ0n) is 17.4. The molecule has 1 unspecified atom stereocenters. The number of amides is 1. The fourth-order valence-corrected chi connectivity index (χ4v) is 5.47. The topological polar surface area (TPSA) is 57.7 Å². The molecule has 0 bridgehead atoms. The molecule has 1 fully saturated rings. The highest BCUT2D eigenvalue weighted by Crippen LogP contribution is 2.27. The van der Waals surface area contributed by atoms with E-state index in [1.54, 1.807) is 13.0 Å². The number of piperidine rings is 1. The summed E-state index contributed by atoms with van der Waals surface area (Å²) in [4.78, 5) is 14.4. The van der Waals surface area contributed by atoms with E-state index in [9.17, 15) is 22.0 Å². The molecule has 0 saturated carbocycles. The second-order valence-electron chi connectivity index (χ2n) is 7.85. The van der Waals surface area contributed by atoms with Gasteiger partial charge in [0.05, 0.1) is 4.90 Å². The highest BCUT2D eigenvalue weighted by molar-refractivity contribution is 7.89. The third-order valence-electron chi connectivity index (χ3n) is 5.54. The average molecular weight is 437 g/mol. The zero-order chi connectivity index (χ0) is 22.1. The van der Waals surface area contributed by atoms with Crippen LogP contribution in [0.25, 0.3) is 0 Å². The standard InChI is InChI=1S/C22H26F2N2O3S/c1-15-7-9-18(30(28,29)26-11-5-4-6-16(26)2)13-19(15)22(27)25(3)14-17-8-10-20(23)21(24)12-17/h7-10,12-13,16H,4-6,11,14H2,1-3H3. The van der Waals surface area contributed by atoms with Gasteiger partial charge in [0.2, 0.25) is 10.0 Å². The fraction of sp³-hybridized carbons (Fsp3) is 0.409. The SMILES string of the molecule is Cc1ccc(S(=O)(=O)N2CCCCC2C)cc1C(=O)N(C)Cc1ccc(F)c(F)c1. The van der Waals surface area contributed by atoms with Crippen molar-refractivity contribution in [3.8, 4) is 0 Å². The first-order chi connectivity index (χ1) is 14.1. The second kappa shape index (κ2) is 8.81. The number of sulfonamides is 1. The van der Waals surface area contributed by atoms with Gasteiger partial charge < -0.3 is 4.90 Å². The summed E-state index contributed by atoms with van der Waals surface area (Å²) in [5.74, 6) is -2.32. The Labute approximate surface area is 176 Å². The Hall–Kier alpha value is -2.32. The maximum atomic E-state index is 13.5. The van der Waals surface area contributed by atoms with Crippen LogP contribution in [-0.4, -0.2) is 43.2 Å². The molecule has 0 aliphatic carbocycles. The molecule has 162 valence electrons. The van der Waals surface area contributed by atoms with Crippen LogP contribution in [0.2, 0.25) is 0 Å². The maximum Gasteiger partial charge on any atom is 0.254 e. The van der Waals surface area contributed by atoms with Gasteiger partial charge in [0.25, 0.3) is 5.91 Å². The molecule has 30 heavy (non-hydrogen) atoms. The van der Waals surface area contributed by atoms with Gasteiger partial charge in [-0.15, -0.1) is 0 Å². The average Bonchev–Trinajstić information content (AvgIpc) is 2.70. The highest BCUT2D eigenvalue weighted by atomic mass is 32.2. The smallest absolute Gasteiger partial charge is 0.254 e. The summed E-state index contributed by atoms with van der Waals surface area (Å²) in [6, 6.07) is 7.95. The number of nitrogens with zero attached hydrogens (tertiary/aromatic N) is 2. The molecule has 1 aliphatic rings. The van der Waals surface area contributed by atoms with Gasteiger partial charge in [-0.05, 0) is 62.1 Å². The Bertz CT molecular complexity index is 1060. The molecule has 0 aromatic heterocycles. The third kappa shape index (κ3) is 4.54. The lowest BCUT2D eigenvalue weighted by Crippen LogP contribution is -2.42. The summed E-state index contributed by atoms with van der Waals surface area (Å²) in [5, 5.41) is 0. The molecule has 1 atom stereocenters. The molecule has 0 radical (unpaired) electrons. The number of aryl methyl sites for hydroxylation is 1. The van der Waals surface area contributed by atoms with E-state index in [-0.39, 0.29) is 29.0 Å². The van der Waals surface area contributed by atoms with E-state index in [4.69, 9.17) is 0 Å². The van der Waals surface area contributed by atoms with Crippen LogP contribution in [-0.2, 0) is 16.6 Å². The predicted molar refractivity (Wildman–Crippen MR) is 111 cm³/mol. The van der Waals surface area contributed by atoms with Crippen molar-refractivity contribution in [2.75, 3.05) is 13.6 Å². The van der Waals surface area contributed by atoms with Crippen LogP contribution < -0.4 is 0 Å². The van der Waals surface area contributed by atoms with Crippen molar-refractivity contribution >= 4 is 15.9 Å². The molecule has 1 heterocycles. The lowest BCUT2D eigenvalue weighted by molar-refractivity contribution is 0.0784. The molecule has 1 amide bonds. The molecule has 2 aromatic carbocycles. The molecule has 2 aromatic rings. The van der Waals surface area contributed by atoms with E-state index < -0.39 is 21.7 Å². The van der Waals surface area contributed by atoms with Gasteiger partial charge in [-0.2, -0.15) is 4.31 Å². The lowest BCUT2D eigenvalue weighted by atomic mass is 10.1. The molecule has 5 nitrogen and oxygen atoms in total. The van der Waals surface area contributed by atoms with Gasteiger partial charge in [0, 0.05) is 31.7 Å². The molecule has 0 N–H and O–H groups in total. The van der Waals surface area contributed by atoms with E-state index in [0.717, 1.165) is 31.4 Å². The number of carbonyl (C=O) groups excluding carboxylic acids is 1. The van der Waals surface area contributed by atoms with E-state index in [0.29, 0.717) is 17.7 Å². The van der Waals surface area contributed by atoms with Crippen LogP contribution in [0, 0.1) is 18.6 Å². The fourth-order valence-electron chi connectivity index (χ4n) is 3.75. The van der Waals surface area contributed by atoms with Crippen molar-refractivity contribution in [3.63, 3.8) is 0 Å². The molecular formula is C22H26F2N2O3S. The monoisotopic (exact) mass is 436 g/mol. The number of rotatable bonds is 5. The minimum absolute atomic E-state index is 0.0651. The van der Waals surface area contributed by atoms with Crippen molar-refractivity contribution in [2.24, 2.45) is 0 Å². The Morgan fingerprint density at radius 3 is 2.53 bits per heavy atom. The van der Waals surface area contributed by atoms with Gasteiger partial charge in [0.1, 0.15) is 0 Å². The number of benzene rings is 2. The van der Waals surface area contributed by atoms with Crippen LogP contribution in [0.3, 0.4) is 0 Å². The molecular weight excluding hydrogens is 410 g/mol. The van der Waals surface area contributed by atoms with Gasteiger partial charge in [-0.3, -0.25) is 4.79 Å². The van der Waals surface area contributed by atoms with E-state index in [1.807, 2.05) is 6.92 Å². The van der Waals surface area contributed by atoms with Crippen molar-refractivity contribution in [1.29, 1.82) is 0 Å². The van der Waals surface area contributed by atoms with Crippen molar-refractivity contribution in [2.45, 2.75) is 50.6 Å². The highest BCUT2D eigenvalue weighted by Gasteiger charge is 2.31. The van der Waals surface area contributed by atoms with Crippen molar-refractivity contribution in [3.05, 3.63) is 64.7 Å².